The molecule has 0 unspecified atom stereocenters. The molecule has 2 aromatic heterocycles. The number of imidazole rings is 1. The largest absolute Gasteiger partial charge is 0.352 e. The number of nitrogens with one attached hydrogen (secondary N) is 1. The molecule has 1 saturated heterocycles. The van der Waals surface area contributed by atoms with Gasteiger partial charge < -0.3 is 10.2 Å². The number of hydrogen-bond donors (Lipinski definition) is 1. The first-order valence-corrected chi connectivity index (χ1v) is 10.7. The van der Waals surface area contributed by atoms with Crippen LogP contribution in [0.1, 0.15) is 50.7 Å². The Morgan fingerprint density at radius 2 is 1.97 bits per heavy atom. The van der Waals surface area contributed by atoms with Crippen molar-refractivity contribution in [3.63, 3.8) is 0 Å². The lowest BCUT2D eigenvalue weighted by Gasteiger charge is -2.40. The van der Waals surface area contributed by atoms with Gasteiger partial charge in [0, 0.05) is 24.2 Å². The van der Waals surface area contributed by atoms with E-state index in [1.165, 1.54) is 17.0 Å². The van der Waals surface area contributed by atoms with Crippen LogP contribution in [0.15, 0.2) is 30.5 Å². The quantitative estimate of drug-likeness (QED) is 0.634. The van der Waals surface area contributed by atoms with Crippen molar-refractivity contribution in [1.29, 1.82) is 0 Å². The average Bonchev–Trinajstić information content (AvgIpc) is 3.14. The van der Waals surface area contributed by atoms with Crippen LogP contribution >= 0.6 is 11.6 Å². The Morgan fingerprint density at radius 3 is 2.62 bits per heavy atom. The Hall–Kier alpha value is -3.00. The van der Waals surface area contributed by atoms with Crippen molar-refractivity contribution in [2.24, 2.45) is 0 Å². The Labute approximate surface area is 190 Å². The minimum atomic E-state index is -0.989. The number of nitrogens with zero attached hydrogens (tertiary/aromatic N) is 4. The van der Waals surface area contributed by atoms with E-state index in [0.29, 0.717) is 30.0 Å². The lowest BCUT2D eigenvalue weighted by atomic mass is 9.87. The summed E-state index contributed by atoms with van der Waals surface area (Å²) in [6.45, 7) is 10.3. The van der Waals surface area contributed by atoms with E-state index in [1.54, 1.807) is 30.6 Å². The van der Waals surface area contributed by atoms with Crippen LogP contribution in [0.5, 0.6) is 0 Å². The van der Waals surface area contributed by atoms with Gasteiger partial charge in [0.15, 0.2) is 5.65 Å². The highest BCUT2D eigenvalue weighted by Gasteiger charge is 2.41. The van der Waals surface area contributed by atoms with Crippen molar-refractivity contribution in [2.45, 2.75) is 45.6 Å². The summed E-state index contributed by atoms with van der Waals surface area (Å²) < 4.78 is 15.6. The maximum Gasteiger partial charge on any atom is 0.275 e. The van der Waals surface area contributed by atoms with Crippen molar-refractivity contribution in [2.75, 3.05) is 13.1 Å². The fourth-order valence-corrected chi connectivity index (χ4v) is 3.94. The summed E-state index contributed by atoms with van der Waals surface area (Å²) >= 11 is 5.83. The highest BCUT2D eigenvalue weighted by atomic mass is 35.5. The summed E-state index contributed by atoms with van der Waals surface area (Å²) in [4.78, 5) is 31.7. The van der Waals surface area contributed by atoms with Crippen LogP contribution in [-0.4, -0.2) is 49.9 Å². The topological polar surface area (TPSA) is 79.6 Å². The molecule has 9 heteroatoms. The number of amides is 2. The van der Waals surface area contributed by atoms with Gasteiger partial charge in [0.25, 0.3) is 5.91 Å². The maximum absolute atomic E-state index is 14.1. The molecule has 0 atom stereocenters. The zero-order valence-corrected chi connectivity index (χ0v) is 19.4. The summed E-state index contributed by atoms with van der Waals surface area (Å²) in [6.07, 6.45) is 1.56. The highest BCUT2D eigenvalue weighted by molar-refractivity contribution is 6.30. The monoisotopic (exact) mass is 457 g/mol. The predicted octanol–water partition coefficient (Wildman–Crippen LogP) is 3.84. The van der Waals surface area contributed by atoms with Crippen LogP contribution in [0, 0.1) is 5.82 Å². The SMILES string of the molecule is CC(C)(C)c1cc(-c2ccc(Cl)c(F)c2)nn2cc(C(=O)N3CCNC(=O)C3(C)C)nc12. The Balaban J connectivity index is 1.85. The van der Waals surface area contributed by atoms with Crippen LogP contribution < -0.4 is 5.32 Å². The highest BCUT2D eigenvalue weighted by Crippen LogP contribution is 2.31. The fourth-order valence-electron chi connectivity index (χ4n) is 3.82. The number of fused-ring (bicyclic) bond motifs is 1. The van der Waals surface area contributed by atoms with Crippen molar-refractivity contribution < 1.29 is 14.0 Å². The molecule has 3 aromatic rings. The number of rotatable bonds is 2. The normalized spacial score (nSPS) is 16.3. The van der Waals surface area contributed by atoms with E-state index in [1.807, 2.05) is 26.8 Å². The Morgan fingerprint density at radius 1 is 1.25 bits per heavy atom. The number of hydrogen-bond acceptors (Lipinski definition) is 4. The van der Waals surface area contributed by atoms with Crippen LogP contribution in [0.3, 0.4) is 0 Å². The van der Waals surface area contributed by atoms with Gasteiger partial charge in [-0.1, -0.05) is 38.4 Å². The van der Waals surface area contributed by atoms with E-state index in [2.05, 4.69) is 15.4 Å². The standard InChI is InChI=1S/C23H25ClFN5O2/c1-22(2,3)14-11-17(13-6-7-15(24)16(25)10-13)28-30-12-18(27-19(14)30)20(31)29-9-8-26-21(32)23(29,4)5/h6-7,10-12H,8-9H2,1-5H3,(H,26,32). The van der Waals surface area contributed by atoms with E-state index in [9.17, 15) is 14.0 Å². The van der Waals surface area contributed by atoms with E-state index in [-0.39, 0.29) is 27.9 Å². The molecular formula is C23H25ClFN5O2. The number of carbonyl (C=O) groups is 2. The second-order valence-corrected chi connectivity index (χ2v) is 9.90. The van der Waals surface area contributed by atoms with Gasteiger partial charge in [-0.3, -0.25) is 9.59 Å². The van der Waals surface area contributed by atoms with E-state index < -0.39 is 11.4 Å². The number of benzene rings is 1. The first-order valence-electron chi connectivity index (χ1n) is 10.4. The summed E-state index contributed by atoms with van der Waals surface area (Å²) in [5, 5.41) is 7.41. The molecule has 0 saturated carbocycles. The first kappa shape index (κ1) is 22.2. The second-order valence-electron chi connectivity index (χ2n) is 9.49. The molecule has 4 rings (SSSR count). The van der Waals surface area contributed by atoms with Crippen molar-refractivity contribution in [3.8, 4) is 11.3 Å². The zero-order chi connectivity index (χ0) is 23.4. The van der Waals surface area contributed by atoms with E-state index >= 15 is 0 Å². The van der Waals surface area contributed by atoms with Crippen LogP contribution in [0.2, 0.25) is 5.02 Å². The molecule has 0 spiro atoms. The smallest absolute Gasteiger partial charge is 0.275 e. The van der Waals surface area contributed by atoms with Crippen molar-refractivity contribution >= 4 is 29.1 Å². The number of carbonyl (C=O) groups excluding carboxylic acids is 2. The molecule has 2 amide bonds. The predicted molar refractivity (Wildman–Crippen MR) is 120 cm³/mol. The third-order valence-electron chi connectivity index (χ3n) is 5.76. The molecule has 0 bridgehead atoms. The number of piperazine rings is 1. The van der Waals surface area contributed by atoms with E-state index in [0.717, 1.165) is 5.56 Å². The van der Waals surface area contributed by atoms with Gasteiger partial charge in [-0.25, -0.2) is 13.9 Å². The Bertz CT molecular complexity index is 1250. The zero-order valence-electron chi connectivity index (χ0n) is 18.7. The molecule has 3 heterocycles. The van der Waals surface area contributed by atoms with Gasteiger partial charge >= 0.3 is 0 Å². The lowest BCUT2D eigenvalue weighted by molar-refractivity contribution is -0.133. The number of halogens is 2. The van der Waals surface area contributed by atoms with Gasteiger partial charge in [0.05, 0.1) is 16.9 Å². The third-order valence-corrected chi connectivity index (χ3v) is 6.07. The second kappa shape index (κ2) is 7.55. The van der Waals surface area contributed by atoms with Crippen LogP contribution in [-0.2, 0) is 10.2 Å². The molecule has 0 aliphatic carbocycles. The molecule has 1 N–H and O–H groups in total. The molecule has 0 radical (unpaired) electrons. The van der Waals surface area contributed by atoms with E-state index in [4.69, 9.17) is 11.6 Å². The summed E-state index contributed by atoms with van der Waals surface area (Å²) in [5.41, 5.74) is 1.38. The number of aromatic nitrogens is 3. The van der Waals surface area contributed by atoms with Gasteiger partial charge in [0.1, 0.15) is 17.1 Å². The van der Waals surface area contributed by atoms with Gasteiger partial charge in [-0.05, 0) is 37.5 Å². The molecule has 1 aliphatic rings. The van der Waals surface area contributed by atoms with Crippen LogP contribution in [0.4, 0.5) is 4.39 Å². The van der Waals surface area contributed by atoms with Crippen LogP contribution in [0.25, 0.3) is 16.9 Å². The molecule has 7 nitrogen and oxygen atoms in total. The average molecular weight is 458 g/mol. The molecule has 1 aromatic carbocycles. The van der Waals surface area contributed by atoms with Gasteiger partial charge in [-0.2, -0.15) is 5.10 Å². The first-order chi connectivity index (χ1) is 14.9. The summed E-state index contributed by atoms with van der Waals surface area (Å²) in [7, 11) is 0. The van der Waals surface area contributed by atoms with Crippen molar-refractivity contribution in [1.82, 2.24) is 24.8 Å². The molecule has 1 aliphatic heterocycles. The third kappa shape index (κ3) is 3.72. The summed E-state index contributed by atoms with van der Waals surface area (Å²) in [5.74, 6) is -1.08. The minimum Gasteiger partial charge on any atom is -0.352 e. The van der Waals surface area contributed by atoms with Crippen molar-refractivity contribution in [3.05, 3.63) is 52.6 Å². The Kier molecular flexibility index (Phi) is 5.24. The maximum atomic E-state index is 14.1. The van der Waals surface area contributed by atoms with Gasteiger partial charge in [0.2, 0.25) is 5.91 Å². The fraction of sp³-hybridized carbons (Fsp3) is 0.391. The molecular weight excluding hydrogens is 433 g/mol. The minimum absolute atomic E-state index is 0.0366. The lowest BCUT2D eigenvalue weighted by Crippen LogP contribution is -2.63. The molecule has 32 heavy (non-hydrogen) atoms. The summed E-state index contributed by atoms with van der Waals surface area (Å²) in [6, 6.07) is 6.38. The molecule has 1 fully saturated rings. The van der Waals surface area contributed by atoms with Gasteiger partial charge in [-0.15, -0.1) is 0 Å². The molecule has 168 valence electrons.